The van der Waals surface area contributed by atoms with Gasteiger partial charge in [-0.1, -0.05) is 12.1 Å². The fourth-order valence-corrected chi connectivity index (χ4v) is 3.59. The number of ether oxygens (including phenoxy) is 1. The number of aromatic carboxylic acids is 1. The summed E-state index contributed by atoms with van der Waals surface area (Å²) in [5.41, 5.74) is 1.03. The molecule has 0 atom stereocenters. The molecule has 1 aliphatic rings. The lowest BCUT2D eigenvalue weighted by atomic mass is 10.1. The molecule has 1 aromatic rings. The van der Waals surface area contributed by atoms with Crippen molar-refractivity contribution < 1.29 is 23.1 Å². The van der Waals surface area contributed by atoms with Crippen LogP contribution in [0.5, 0.6) is 0 Å². The third kappa shape index (κ3) is 3.49. The van der Waals surface area contributed by atoms with Gasteiger partial charge in [0.2, 0.25) is 10.0 Å². The monoisotopic (exact) mass is 311 g/mol. The van der Waals surface area contributed by atoms with Crippen molar-refractivity contribution >= 4 is 16.0 Å². The van der Waals surface area contributed by atoms with Gasteiger partial charge in [-0.25, -0.2) is 13.2 Å². The minimum atomic E-state index is -3.67. The summed E-state index contributed by atoms with van der Waals surface area (Å²) in [7, 11) is -2.07. The molecule has 0 fully saturated rings. The normalized spacial score (nSPS) is 16.5. The number of sulfonamides is 1. The first-order valence-corrected chi connectivity index (χ1v) is 7.89. The second-order valence-electron chi connectivity index (χ2n) is 4.74. The largest absolute Gasteiger partial charge is 0.478 e. The Kier molecular flexibility index (Phi) is 4.76. The fraction of sp³-hybridized carbons (Fsp3) is 0.357. The van der Waals surface area contributed by atoms with Crippen molar-refractivity contribution in [2.75, 3.05) is 26.8 Å². The molecule has 0 aromatic heterocycles. The number of hydrogen-bond donors (Lipinski definition) is 1. The minimum Gasteiger partial charge on any atom is -0.478 e. The summed E-state index contributed by atoms with van der Waals surface area (Å²) >= 11 is 0. The zero-order chi connectivity index (χ0) is 15.5. The molecule has 0 amide bonds. The van der Waals surface area contributed by atoms with Crippen molar-refractivity contribution in [3.05, 3.63) is 41.5 Å². The number of nitrogens with zero attached hydrogens (tertiary/aromatic N) is 1. The topological polar surface area (TPSA) is 83.9 Å². The average molecular weight is 311 g/mol. The standard InChI is InChI=1S/C14H17NO5S/c1-20-10-11-5-7-15(8-6-11)21(18,19)13-4-2-3-12(9-13)14(16)17/h2-5,9H,6-8,10H2,1H3,(H,16,17). The lowest BCUT2D eigenvalue weighted by Gasteiger charge is -2.25. The van der Waals surface area contributed by atoms with Crippen LogP contribution in [0.4, 0.5) is 0 Å². The molecule has 0 saturated carbocycles. The zero-order valence-electron chi connectivity index (χ0n) is 11.7. The number of methoxy groups -OCH3 is 1. The summed E-state index contributed by atoms with van der Waals surface area (Å²) in [6, 6.07) is 5.41. The van der Waals surface area contributed by atoms with E-state index >= 15 is 0 Å². The van der Waals surface area contributed by atoms with Crippen LogP contribution in [0.15, 0.2) is 40.8 Å². The van der Waals surface area contributed by atoms with Crippen molar-refractivity contribution in [1.82, 2.24) is 4.31 Å². The zero-order valence-corrected chi connectivity index (χ0v) is 12.5. The van der Waals surface area contributed by atoms with E-state index in [1.807, 2.05) is 6.08 Å². The van der Waals surface area contributed by atoms with Crippen LogP contribution in [-0.4, -0.2) is 50.6 Å². The number of rotatable bonds is 5. The Morgan fingerprint density at radius 2 is 2.19 bits per heavy atom. The number of benzene rings is 1. The van der Waals surface area contributed by atoms with Gasteiger partial charge in [-0.15, -0.1) is 0 Å². The summed E-state index contributed by atoms with van der Waals surface area (Å²) in [5.74, 6) is -1.15. The molecule has 114 valence electrons. The predicted octanol–water partition coefficient (Wildman–Crippen LogP) is 1.35. The highest BCUT2D eigenvalue weighted by Gasteiger charge is 2.26. The van der Waals surface area contributed by atoms with Gasteiger partial charge in [0.1, 0.15) is 0 Å². The van der Waals surface area contributed by atoms with Crippen LogP contribution in [0.25, 0.3) is 0 Å². The van der Waals surface area contributed by atoms with Crippen LogP contribution in [0.2, 0.25) is 0 Å². The molecule has 21 heavy (non-hydrogen) atoms. The van der Waals surface area contributed by atoms with Gasteiger partial charge in [0.15, 0.2) is 0 Å². The Morgan fingerprint density at radius 3 is 2.76 bits per heavy atom. The van der Waals surface area contributed by atoms with Crippen LogP contribution >= 0.6 is 0 Å². The molecule has 0 spiro atoms. The number of carbonyl (C=O) groups is 1. The average Bonchev–Trinajstić information content (AvgIpc) is 2.48. The van der Waals surface area contributed by atoms with Crippen molar-refractivity contribution in [2.45, 2.75) is 11.3 Å². The van der Waals surface area contributed by atoms with Gasteiger partial charge in [-0.05, 0) is 30.2 Å². The van der Waals surface area contributed by atoms with Gasteiger partial charge in [-0.2, -0.15) is 4.31 Å². The van der Waals surface area contributed by atoms with Crippen molar-refractivity contribution in [3.8, 4) is 0 Å². The molecule has 1 N–H and O–H groups in total. The molecular weight excluding hydrogens is 294 g/mol. The van der Waals surface area contributed by atoms with E-state index in [4.69, 9.17) is 9.84 Å². The summed E-state index contributed by atoms with van der Waals surface area (Å²) < 4.78 is 31.4. The summed E-state index contributed by atoms with van der Waals surface area (Å²) in [6.07, 6.45) is 2.46. The first-order valence-electron chi connectivity index (χ1n) is 6.45. The highest BCUT2D eigenvalue weighted by atomic mass is 32.2. The molecule has 1 aromatic carbocycles. The molecule has 6 nitrogen and oxygen atoms in total. The Balaban J connectivity index is 2.23. The third-order valence-corrected chi connectivity index (χ3v) is 5.18. The number of hydrogen-bond acceptors (Lipinski definition) is 4. The molecule has 7 heteroatoms. The second kappa shape index (κ2) is 6.38. The van der Waals surface area contributed by atoms with Crippen LogP contribution in [0.3, 0.4) is 0 Å². The molecule has 1 aliphatic heterocycles. The maximum Gasteiger partial charge on any atom is 0.335 e. The Morgan fingerprint density at radius 1 is 1.43 bits per heavy atom. The molecule has 0 bridgehead atoms. The predicted molar refractivity (Wildman–Crippen MR) is 76.7 cm³/mol. The van der Waals surface area contributed by atoms with E-state index in [0.717, 1.165) is 5.57 Å². The summed E-state index contributed by atoms with van der Waals surface area (Å²) in [5, 5.41) is 8.95. The molecule has 0 aliphatic carbocycles. The van der Waals surface area contributed by atoms with Crippen LogP contribution in [-0.2, 0) is 14.8 Å². The first kappa shape index (κ1) is 15.7. The Labute approximate surface area is 123 Å². The van der Waals surface area contributed by atoms with Gasteiger partial charge in [-0.3, -0.25) is 0 Å². The van der Waals surface area contributed by atoms with Gasteiger partial charge in [0, 0.05) is 20.2 Å². The molecule has 1 heterocycles. The fourth-order valence-electron chi connectivity index (χ4n) is 2.17. The Bertz CT molecular complexity index is 666. The second-order valence-corrected chi connectivity index (χ2v) is 6.68. The summed E-state index contributed by atoms with van der Waals surface area (Å²) in [4.78, 5) is 10.9. The van der Waals surface area contributed by atoms with E-state index in [1.54, 1.807) is 7.11 Å². The molecule has 0 unspecified atom stereocenters. The summed E-state index contributed by atoms with van der Waals surface area (Å²) in [6.45, 7) is 1.15. The van der Waals surface area contributed by atoms with E-state index < -0.39 is 16.0 Å². The molecule has 0 saturated heterocycles. The van der Waals surface area contributed by atoms with Gasteiger partial charge in [0.05, 0.1) is 17.1 Å². The van der Waals surface area contributed by atoms with Crippen molar-refractivity contribution in [3.63, 3.8) is 0 Å². The maximum atomic E-state index is 12.5. The van der Waals surface area contributed by atoms with E-state index in [0.29, 0.717) is 19.6 Å². The lowest BCUT2D eigenvalue weighted by molar-refractivity contribution is 0.0696. The maximum absolute atomic E-state index is 12.5. The van der Waals surface area contributed by atoms with Gasteiger partial charge >= 0.3 is 5.97 Å². The Hall–Kier alpha value is -1.70. The van der Waals surface area contributed by atoms with E-state index in [2.05, 4.69) is 0 Å². The van der Waals surface area contributed by atoms with Crippen LogP contribution < -0.4 is 0 Å². The van der Waals surface area contributed by atoms with Crippen LogP contribution in [0, 0.1) is 0 Å². The van der Waals surface area contributed by atoms with Crippen LogP contribution in [0.1, 0.15) is 16.8 Å². The number of carboxylic acids is 1. The molecular formula is C14H17NO5S. The van der Waals surface area contributed by atoms with E-state index in [1.165, 1.54) is 28.6 Å². The van der Waals surface area contributed by atoms with Crippen molar-refractivity contribution in [1.29, 1.82) is 0 Å². The van der Waals surface area contributed by atoms with E-state index in [9.17, 15) is 13.2 Å². The highest BCUT2D eigenvalue weighted by Crippen LogP contribution is 2.21. The SMILES string of the molecule is COCC1=CCN(S(=O)(=O)c2cccc(C(=O)O)c2)CC1. The van der Waals surface area contributed by atoms with Gasteiger partial charge < -0.3 is 9.84 Å². The minimum absolute atomic E-state index is 0.00555. The third-order valence-electron chi connectivity index (χ3n) is 3.31. The molecule has 0 radical (unpaired) electrons. The first-order chi connectivity index (χ1) is 9.95. The molecule has 2 rings (SSSR count). The van der Waals surface area contributed by atoms with Crippen molar-refractivity contribution in [2.24, 2.45) is 0 Å². The number of carboxylic acid groups (broad SMARTS) is 1. The quantitative estimate of drug-likeness (QED) is 0.830. The highest BCUT2D eigenvalue weighted by molar-refractivity contribution is 7.89. The smallest absolute Gasteiger partial charge is 0.335 e. The lowest BCUT2D eigenvalue weighted by Crippen LogP contribution is -2.35. The van der Waals surface area contributed by atoms with E-state index in [-0.39, 0.29) is 17.0 Å². The van der Waals surface area contributed by atoms with Gasteiger partial charge in [0.25, 0.3) is 0 Å².